The van der Waals surface area contributed by atoms with Crippen LogP contribution in [0.15, 0.2) is 53.9 Å². The minimum atomic E-state index is -2.92. The molecule has 0 spiro atoms. The molecule has 4 nitrogen and oxygen atoms in total. The number of carbonyl (C=O) groups is 1. The highest BCUT2D eigenvalue weighted by atomic mass is 32.1. The van der Waals surface area contributed by atoms with Crippen LogP contribution in [0.2, 0.25) is 0 Å². The van der Waals surface area contributed by atoms with Crippen molar-refractivity contribution in [2.24, 2.45) is 0 Å². The van der Waals surface area contributed by atoms with Gasteiger partial charge in [-0.05, 0) is 47.8 Å². The zero-order valence-electron chi connectivity index (χ0n) is 14.1. The van der Waals surface area contributed by atoms with E-state index in [4.69, 9.17) is 4.74 Å². The smallest absolute Gasteiger partial charge is 0.387 e. The lowest BCUT2D eigenvalue weighted by molar-refractivity contribution is -0.0498. The molecule has 0 fully saturated rings. The van der Waals surface area contributed by atoms with Crippen LogP contribution >= 0.6 is 11.3 Å². The number of benzene rings is 2. The minimum absolute atomic E-state index is 0.00595. The molecule has 0 saturated carbocycles. The van der Waals surface area contributed by atoms with Crippen LogP contribution in [-0.2, 0) is 6.61 Å². The van der Waals surface area contributed by atoms with Crippen molar-refractivity contribution in [1.29, 1.82) is 0 Å². The summed E-state index contributed by atoms with van der Waals surface area (Å²) >= 11 is 1.16. The molecular formula is C19H13F4NO3S. The third-order valence-corrected chi connectivity index (χ3v) is 4.48. The summed E-state index contributed by atoms with van der Waals surface area (Å²) in [6, 6.07) is 10.1. The Morgan fingerprint density at radius 1 is 1.07 bits per heavy atom. The number of alkyl halides is 2. The Morgan fingerprint density at radius 2 is 1.82 bits per heavy atom. The standard InChI is InChI=1S/C19H13F4NO3S/c20-12-1-6-16(15(21)8-12)26-9-11-7-17(28-10-11)18(25)24-13-2-4-14(5-3-13)27-19(22)23/h1-8,10,19H,9H2,(H,24,25). The largest absolute Gasteiger partial charge is 0.486 e. The van der Waals surface area contributed by atoms with Crippen molar-refractivity contribution in [3.05, 3.63) is 76.0 Å². The average molecular weight is 411 g/mol. The first-order valence-electron chi connectivity index (χ1n) is 7.92. The van der Waals surface area contributed by atoms with Crippen molar-refractivity contribution >= 4 is 22.9 Å². The molecule has 1 N–H and O–H groups in total. The first-order chi connectivity index (χ1) is 13.4. The number of thiophene rings is 1. The highest BCUT2D eigenvalue weighted by molar-refractivity contribution is 7.12. The van der Waals surface area contributed by atoms with E-state index in [1.54, 1.807) is 11.4 Å². The maximum absolute atomic E-state index is 13.6. The molecule has 2 aromatic carbocycles. The quantitative estimate of drug-likeness (QED) is 0.526. The van der Waals surface area contributed by atoms with Gasteiger partial charge in [-0.25, -0.2) is 8.78 Å². The van der Waals surface area contributed by atoms with Gasteiger partial charge in [0.2, 0.25) is 0 Å². The predicted molar refractivity (Wildman–Crippen MR) is 96.0 cm³/mol. The van der Waals surface area contributed by atoms with Gasteiger partial charge < -0.3 is 14.8 Å². The lowest BCUT2D eigenvalue weighted by atomic mass is 10.2. The van der Waals surface area contributed by atoms with Crippen LogP contribution in [0.4, 0.5) is 23.2 Å². The molecule has 3 aromatic rings. The molecule has 146 valence electrons. The van der Waals surface area contributed by atoms with Gasteiger partial charge in [-0.15, -0.1) is 11.3 Å². The van der Waals surface area contributed by atoms with E-state index in [9.17, 15) is 22.4 Å². The van der Waals surface area contributed by atoms with Gasteiger partial charge in [0, 0.05) is 17.3 Å². The lowest BCUT2D eigenvalue weighted by Crippen LogP contribution is -2.10. The Balaban J connectivity index is 1.57. The van der Waals surface area contributed by atoms with Gasteiger partial charge in [0.15, 0.2) is 11.6 Å². The number of nitrogens with one attached hydrogen (secondary N) is 1. The fourth-order valence-electron chi connectivity index (χ4n) is 2.24. The molecule has 0 saturated heterocycles. The fourth-order valence-corrected chi connectivity index (χ4v) is 3.03. The number of carbonyl (C=O) groups excluding carboxylic acids is 1. The lowest BCUT2D eigenvalue weighted by Gasteiger charge is -2.07. The first-order valence-corrected chi connectivity index (χ1v) is 8.80. The van der Waals surface area contributed by atoms with Crippen molar-refractivity contribution < 1.29 is 31.8 Å². The number of amides is 1. The van der Waals surface area contributed by atoms with E-state index in [1.165, 1.54) is 30.3 Å². The van der Waals surface area contributed by atoms with Crippen LogP contribution in [0.3, 0.4) is 0 Å². The molecule has 0 unspecified atom stereocenters. The molecule has 1 aromatic heterocycles. The molecule has 0 atom stereocenters. The molecule has 1 heterocycles. The fraction of sp³-hybridized carbons (Fsp3) is 0.105. The number of ether oxygens (including phenoxy) is 2. The molecule has 0 aliphatic heterocycles. The van der Waals surface area contributed by atoms with Crippen molar-refractivity contribution in [2.45, 2.75) is 13.2 Å². The van der Waals surface area contributed by atoms with Crippen molar-refractivity contribution in [1.82, 2.24) is 0 Å². The molecule has 3 rings (SSSR count). The molecule has 9 heteroatoms. The zero-order chi connectivity index (χ0) is 20.1. The molecule has 0 aliphatic rings. The average Bonchev–Trinajstić information content (AvgIpc) is 3.11. The van der Waals surface area contributed by atoms with Crippen LogP contribution in [0.25, 0.3) is 0 Å². The summed E-state index contributed by atoms with van der Waals surface area (Å²) in [5, 5.41) is 4.30. The number of hydrogen-bond donors (Lipinski definition) is 1. The normalized spacial score (nSPS) is 10.8. The number of halogens is 4. The Labute approximate surface area is 161 Å². The summed E-state index contributed by atoms with van der Waals surface area (Å²) < 4.78 is 60.2. The van der Waals surface area contributed by atoms with Crippen molar-refractivity contribution in [3.8, 4) is 11.5 Å². The molecular weight excluding hydrogens is 398 g/mol. The third-order valence-electron chi connectivity index (χ3n) is 3.50. The summed E-state index contributed by atoms with van der Waals surface area (Å²) in [4.78, 5) is 12.6. The summed E-state index contributed by atoms with van der Waals surface area (Å²) in [5.41, 5.74) is 1.05. The monoisotopic (exact) mass is 411 g/mol. The van der Waals surface area contributed by atoms with Crippen LogP contribution in [0.5, 0.6) is 11.5 Å². The third kappa shape index (κ3) is 5.23. The van der Waals surface area contributed by atoms with E-state index in [-0.39, 0.29) is 18.1 Å². The Morgan fingerprint density at radius 3 is 2.50 bits per heavy atom. The van der Waals surface area contributed by atoms with Crippen LogP contribution < -0.4 is 14.8 Å². The van der Waals surface area contributed by atoms with E-state index in [2.05, 4.69) is 10.1 Å². The second-order valence-electron chi connectivity index (χ2n) is 5.54. The van der Waals surface area contributed by atoms with Crippen LogP contribution in [-0.4, -0.2) is 12.5 Å². The minimum Gasteiger partial charge on any atom is -0.486 e. The van der Waals surface area contributed by atoms with E-state index in [0.29, 0.717) is 16.1 Å². The number of rotatable bonds is 7. The zero-order valence-corrected chi connectivity index (χ0v) is 14.9. The van der Waals surface area contributed by atoms with Gasteiger partial charge >= 0.3 is 6.61 Å². The molecule has 1 amide bonds. The summed E-state index contributed by atoms with van der Waals surface area (Å²) in [6.45, 7) is -2.91. The Bertz CT molecular complexity index is 960. The first kappa shape index (κ1) is 19.7. The second kappa shape index (κ2) is 8.75. The van der Waals surface area contributed by atoms with E-state index in [1.807, 2.05) is 0 Å². The van der Waals surface area contributed by atoms with Gasteiger partial charge in [0.05, 0.1) is 4.88 Å². The Kier molecular flexibility index (Phi) is 6.15. The maximum atomic E-state index is 13.6. The van der Waals surface area contributed by atoms with E-state index >= 15 is 0 Å². The highest BCUT2D eigenvalue weighted by Crippen LogP contribution is 2.23. The van der Waals surface area contributed by atoms with Gasteiger partial charge in [-0.3, -0.25) is 4.79 Å². The predicted octanol–water partition coefficient (Wildman–Crippen LogP) is 5.46. The SMILES string of the molecule is O=C(Nc1ccc(OC(F)F)cc1)c1cc(COc2ccc(F)cc2F)cs1. The second-order valence-corrected chi connectivity index (χ2v) is 6.45. The maximum Gasteiger partial charge on any atom is 0.387 e. The molecule has 0 bridgehead atoms. The van der Waals surface area contributed by atoms with Gasteiger partial charge in [-0.2, -0.15) is 8.78 Å². The van der Waals surface area contributed by atoms with Crippen LogP contribution in [0.1, 0.15) is 15.2 Å². The van der Waals surface area contributed by atoms with Crippen molar-refractivity contribution in [3.63, 3.8) is 0 Å². The summed E-state index contributed by atoms with van der Waals surface area (Å²) in [6.07, 6.45) is 0. The highest BCUT2D eigenvalue weighted by Gasteiger charge is 2.12. The van der Waals surface area contributed by atoms with Gasteiger partial charge in [-0.1, -0.05) is 0 Å². The molecule has 28 heavy (non-hydrogen) atoms. The molecule has 0 radical (unpaired) electrons. The summed E-state index contributed by atoms with van der Waals surface area (Å²) in [7, 11) is 0. The van der Waals surface area contributed by atoms with Crippen LogP contribution in [0, 0.1) is 11.6 Å². The number of anilines is 1. The van der Waals surface area contributed by atoms with Gasteiger partial charge in [0.1, 0.15) is 18.2 Å². The van der Waals surface area contributed by atoms with E-state index in [0.717, 1.165) is 23.5 Å². The molecule has 0 aliphatic carbocycles. The van der Waals surface area contributed by atoms with Crippen molar-refractivity contribution in [2.75, 3.05) is 5.32 Å². The van der Waals surface area contributed by atoms with Gasteiger partial charge in [0.25, 0.3) is 5.91 Å². The van der Waals surface area contributed by atoms with E-state index < -0.39 is 24.2 Å². The topological polar surface area (TPSA) is 47.6 Å². The number of hydrogen-bond acceptors (Lipinski definition) is 4. The summed E-state index contributed by atoms with van der Waals surface area (Å²) in [5.74, 6) is -2.02. The Hall–Kier alpha value is -3.07.